The first-order chi connectivity index (χ1) is 9.56. The number of nitrogens with zero attached hydrogens (tertiary/aromatic N) is 2. The molecule has 1 aromatic rings. The number of methoxy groups -OCH3 is 1. The minimum Gasteiger partial charge on any atom is -0.496 e. The minimum atomic E-state index is 0.0709. The van der Waals surface area contributed by atoms with Gasteiger partial charge in [0.05, 0.1) is 12.7 Å². The van der Waals surface area contributed by atoms with E-state index in [2.05, 4.69) is 24.0 Å². The molecule has 1 atom stereocenters. The van der Waals surface area contributed by atoms with E-state index in [9.17, 15) is 0 Å². The molecule has 0 bridgehead atoms. The molecular formula is C15H23N3O2. The van der Waals surface area contributed by atoms with Crippen molar-refractivity contribution in [3.05, 3.63) is 29.3 Å². The van der Waals surface area contributed by atoms with Crippen LogP contribution in [0.3, 0.4) is 0 Å². The topological polar surface area (TPSA) is 71.1 Å². The van der Waals surface area contributed by atoms with Gasteiger partial charge in [0.2, 0.25) is 0 Å². The Labute approximate surface area is 120 Å². The van der Waals surface area contributed by atoms with Crippen LogP contribution in [0.25, 0.3) is 0 Å². The Morgan fingerprint density at radius 1 is 1.55 bits per heavy atom. The molecule has 20 heavy (non-hydrogen) atoms. The van der Waals surface area contributed by atoms with Crippen molar-refractivity contribution in [1.29, 1.82) is 0 Å². The lowest BCUT2D eigenvalue weighted by atomic mass is 10.1. The highest BCUT2D eigenvalue weighted by Gasteiger charge is 2.30. The van der Waals surface area contributed by atoms with E-state index in [1.54, 1.807) is 7.11 Å². The quantitative estimate of drug-likeness (QED) is 0.361. The normalized spacial score (nSPS) is 17.3. The zero-order chi connectivity index (χ0) is 14.7. The second kappa shape index (κ2) is 6.13. The Hall–Kier alpha value is -1.75. The van der Waals surface area contributed by atoms with Gasteiger partial charge in [-0.15, -0.1) is 0 Å². The third-order valence-corrected chi connectivity index (χ3v) is 4.08. The number of amidine groups is 1. The van der Waals surface area contributed by atoms with E-state index in [-0.39, 0.29) is 5.84 Å². The van der Waals surface area contributed by atoms with Crippen molar-refractivity contribution in [2.45, 2.75) is 32.4 Å². The summed E-state index contributed by atoms with van der Waals surface area (Å²) in [5.41, 5.74) is 7.45. The van der Waals surface area contributed by atoms with Crippen molar-refractivity contribution in [3.63, 3.8) is 0 Å². The van der Waals surface area contributed by atoms with Crippen molar-refractivity contribution in [2.75, 3.05) is 14.2 Å². The molecule has 0 aliphatic heterocycles. The maximum atomic E-state index is 8.85. The summed E-state index contributed by atoms with van der Waals surface area (Å²) in [6.07, 6.45) is 2.67. The predicted molar refractivity (Wildman–Crippen MR) is 79.2 cm³/mol. The summed E-state index contributed by atoms with van der Waals surface area (Å²) in [4.78, 5) is 2.34. The number of rotatable bonds is 6. The standard InChI is InChI=1S/C15H23N3O2/c1-10(12-5-6-12)18(2)9-11-4-7-14(20-3)13(8-11)15(16)17-19/h4,7-8,10,12,19H,5-6,9H2,1-3H3,(H2,16,17). The molecule has 0 radical (unpaired) electrons. The van der Waals surface area contributed by atoms with Gasteiger partial charge in [0.25, 0.3) is 0 Å². The van der Waals surface area contributed by atoms with Gasteiger partial charge < -0.3 is 15.7 Å². The maximum Gasteiger partial charge on any atom is 0.173 e. The maximum absolute atomic E-state index is 8.85. The summed E-state index contributed by atoms with van der Waals surface area (Å²) in [5.74, 6) is 1.52. The number of ether oxygens (including phenoxy) is 1. The van der Waals surface area contributed by atoms with E-state index >= 15 is 0 Å². The second-order valence-electron chi connectivity index (χ2n) is 5.51. The van der Waals surface area contributed by atoms with Crippen molar-refractivity contribution in [1.82, 2.24) is 4.90 Å². The molecule has 1 saturated carbocycles. The molecule has 1 aliphatic carbocycles. The molecule has 2 rings (SSSR count). The molecule has 1 aliphatic rings. The van der Waals surface area contributed by atoms with Crippen LogP contribution in [0.15, 0.2) is 23.4 Å². The fourth-order valence-corrected chi connectivity index (χ4v) is 2.48. The number of benzene rings is 1. The van der Waals surface area contributed by atoms with Crippen LogP contribution in [0, 0.1) is 5.92 Å². The molecule has 0 spiro atoms. The molecule has 3 N–H and O–H groups in total. The lowest BCUT2D eigenvalue weighted by Gasteiger charge is -2.25. The number of oxime groups is 1. The van der Waals surface area contributed by atoms with Crippen LogP contribution in [-0.4, -0.2) is 36.1 Å². The van der Waals surface area contributed by atoms with Gasteiger partial charge in [0, 0.05) is 12.6 Å². The zero-order valence-corrected chi connectivity index (χ0v) is 12.3. The average Bonchev–Trinajstić information content (AvgIpc) is 3.30. The summed E-state index contributed by atoms with van der Waals surface area (Å²) in [6.45, 7) is 3.11. The van der Waals surface area contributed by atoms with E-state index in [1.165, 1.54) is 12.8 Å². The van der Waals surface area contributed by atoms with Crippen LogP contribution < -0.4 is 10.5 Å². The third kappa shape index (κ3) is 3.22. The molecule has 1 fully saturated rings. The Kier molecular flexibility index (Phi) is 4.49. The van der Waals surface area contributed by atoms with Gasteiger partial charge in [-0.05, 0) is 50.4 Å². The Balaban J connectivity index is 2.15. The SMILES string of the molecule is COc1ccc(CN(C)C(C)C2CC2)cc1C(N)=NO. The molecule has 110 valence electrons. The van der Waals surface area contributed by atoms with Crippen LogP contribution in [-0.2, 0) is 6.54 Å². The van der Waals surface area contributed by atoms with Crippen LogP contribution in [0.2, 0.25) is 0 Å². The molecule has 0 heterocycles. The average molecular weight is 277 g/mol. The fourth-order valence-electron chi connectivity index (χ4n) is 2.48. The zero-order valence-electron chi connectivity index (χ0n) is 12.3. The van der Waals surface area contributed by atoms with Gasteiger partial charge >= 0.3 is 0 Å². The number of hydrogen-bond acceptors (Lipinski definition) is 4. The fraction of sp³-hybridized carbons (Fsp3) is 0.533. The van der Waals surface area contributed by atoms with E-state index < -0.39 is 0 Å². The van der Waals surface area contributed by atoms with Crippen molar-refractivity contribution >= 4 is 5.84 Å². The summed E-state index contributed by atoms with van der Waals surface area (Å²) >= 11 is 0. The van der Waals surface area contributed by atoms with Crippen LogP contribution in [0.5, 0.6) is 5.75 Å². The number of nitrogens with two attached hydrogens (primary N) is 1. The highest BCUT2D eigenvalue weighted by Crippen LogP contribution is 2.35. The molecule has 5 nitrogen and oxygen atoms in total. The largest absolute Gasteiger partial charge is 0.496 e. The van der Waals surface area contributed by atoms with E-state index in [4.69, 9.17) is 15.7 Å². The first-order valence-electron chi connectivity index (χ1n) is 6.92. The van der Waals surface area contributed by atoms with Gasteiger partial charge in [-0.1, -0.05) is 11.2 Å². The van der Waals surface area contributed by atoms with Crippen LogP contribution in [0.1, 0.15) is 30.9 Å². The number of hydrogen-bond donors (Lipinski definition) is 2. The van der Waals surface area contributed by atoms with Crippen LogP contribution in [0.4, 0.5) is 0 Å². The first kappa shape index (κ1) is 14.7. The molecule has 0 amide bonds. The van der Waals surface area contributed by atoms with E-state index in [0.717, 1.165) is 18.0 Å². The smallest absolute Gasteiger partial charge is 0.173 e. The summed E-state index contributed by atoms with van der Waals surface area (Å²) < 4.78 is 5.24. The third-order valence-electron chi connectivity index (χ3n) is 4.08. The summed E-state index contributed by atoms with van der Waals surface area (Å²) in [5, 5.41) is 11.9. The van der Waals surface area contributed by atoms with Crippen LogP contribution >= 0.6 is 0 Å². The predicted octanol–water partition coefficient (Wildman–Crippen LogP) is 2.02. The molecule has 5 heteroatoms. The highest BCUT2D eigenvalue weighted by molar-refractivity contribution is 5.99. The summed E-state index contributed by atoms with van der Waals surface area (Å²) in [7, 11) is 3.71. The molecule has 0 aromatic heterocycles. The molecule has 1 unspecified atom stereocenters. The Morgan fingerprint density at radius 3 is 2.80 bits per heavy atom. The van der Waals surface area contributed by atoms with E-state index in [0.29, 0.717) is 17.4 Å². The lowest BCUT2D eigenvalue weighted by Crippen LogP contribution is -2.30. The van der Waals surface area contributed by atoms with Gasteiger partial charge in [0.15, 0.2) is 5.84 Å². The van der Waals surface area contributed by atoms with Gasteiger partial charge in [-0.25, -0.2) is 0 Å². The Bertz CT molecular complexity index is 498. The van der Waals surface area contributed by atoms with Crippen molar-refractivity contribution in [2.24, 2.45) is 16.8 Å². The summed E-state index contributed by atoms with van der Waals surface area (Å²) in [6, 6.07) is 6.38. The van der Waals surface area contributed by atoms with Gasteiger partial charge in [0.1, 0.15) is 5.75 Å². The second-order valence-corrected chi connectivity index (χ2v) is 5.51. The van der Waals surface area contributed by atoms with Crippen molar-refractivity contribution in [3.8, 4) is 5.75 Å². The molecule has 0 saturated heterocycles. The first-order valence-corrected chi connectivity index (χ1v) is 6.92. The van der Waals surface area contributed by atoms with Crippen molar-refractivity contribution < 1.29 is 9.94 Å². The monoisotopic (exact) mass is 277 g/mol. The molecular weight excluding hydrogens is 254 g/mol. The highest BCUT2D eigenvalue weighted by atomic mass is 16.5. The molecule has 1 aromatic carbocycles. The Morgan fingerprint density at radius 2 is 2.25 bits per heavy atom. The van der Waals surface area contributed by atoms with Gasteiger partial charge in [-0.3, -0.25) is 4.90 Å². The lowest BCUT2D eigenvalue weighted by molar-refractivity contribution is 0.226. The van der Waals surface area contributed by atoms with Gasteiger partial charge in [-0.2, -0.15) is 0 Å². The van der Waals surface area contributed by atoms with E-state index in [1.807, 2.05) is 18.2 Å². The minimum absolute atomic E-state index is 0.0709.